The van der Waals surface area contributed by atoms with Crippen LogP contribution in [0.4, 0.5) is 5.82 Å². The highest BCUT2D eigenvalue weighted by molar-refractivity contribution is 5.93. The van der Waals surface area contributed by atoms with E-state index in [9.17, 15) is 4.79 Å². The zero-order valence-corrected chi connectivity index (χ0v) is 15.3. The fourth-order valence-corrected chi connectivity index (χ4v) is 2.71. The maximum Gasteiger partial charge on any atom is 0.270 e. The van der Waals surface area contributed by atoms with Gasteiger partial charge in [-0.05, 0) is 18.6 Å². The summed E-state index contributed by atoms with van der Waals surface area (Å²) in [6.07, 6.45) is 1.38. The van der Waals surface area contributed by atoms with Gasteiger partial charge in [0.1, 0.15) is 23.6 Å². The van der Waals surface area contributed by atoms with Gasteiger partial charge in [0.25, 0.3) is 5.91 Å². The van der Waals surface area contributed by atoms with Gasteiger partial charge in [0.05, 0.1) is 13.2 Å². The number of carbonyl (C=O) groups excluding carboxylic acids is 1. The van der Waals surface area contributed by atoms with Crippen molar-refractivity contribution in [3.63, 3.8) is 0 Å². The summed E-state index contributed by atoms with van der Waals surface area (Å²) in [6, 6.07) is 19.1. The Labute approximate surface area is 158 Å². The van der Waals surface area contributed by atoms with Gasteiger partial charge < -0.3 is 15.4 Å². The lowest BCUT2D eigenvalue weighted by Gasteiger charge is -2.14. The molecule has 0 aliphatic rings. The molecule has 0 saturated carbocycles. The zero-order chi connectivity index (χ0) is 19.1. The highest BCUT2D eigenvalue weighted by Crippen LogP contribution is 2.18. The van der Waals surface area contributed by atoms with Gasteiger partial charge in [-0.1, -0.05) is 48.5 Å². The van der Waals surface area contributed by atoms with Crippen LogP contribution in [0.2, 0.25) is 0 Å². The predicted octanol–water partition coefficient (Wildman–Crippen LogP) is 3.59. The van der Waals surface area contributed by atoms with Gasteiger partial charge >= 0.3 is 0 Å². The number of methoxy groups -OCH3 is 1. The summed E-state index contributed by atoms with van der Waals surface area (Å²) in [4.78, 5) is 20.8. The predicted molar refractivity (Wildman–Crippen MR) is 105 cm³/mol. The van der Waals surface area contributed by atoms with Gasteiger partial charge in [0, 0.05) is 18.2 Å². The molecule has 1 heterocycles. The Morgan fingerprint density at radius 3 is 2.59 bits per heavy atom. The summed E-state index contributed by atoms with van der Waals surface area (Å²) in [6.45, 7) is 2.47. The second kappa shape index (κ2) is 8.80. The molecule has 0 radical (unpaired) electrons. The molecule has 0 fully saturated rings. The Hall–Kier alpha value is -3.41. The number of aromatic nitrogens is 2. The molecule has 0 aliphatic heterocycles. The molecule has 0 aliphatic carbocycles. The van der Waals surface area contributed by atoms with E-state index in [2.05, 4.69) is 20.6 Å². The van der Waals surface area contributed by atoms with Crippen LogP contribution in [0.5, 0.6) is 5.75 Å². The summed E-state index contributed by atoms with van der Waals surface area (Å²) in [5, 5.41) is 6.16. The Kier molecular flexibility index (Phi) is 5.99. The lowest BCUT2D eigenvalue weighted by molar-refractivity contribution is 0.0934. The Morgan fingerprint density at radius 2 is 1.81 bits per heavy atom. The standard InChI is InChI=1S/C21H22N4O2/c1-15(16-8-4-3-5-9-16)25-21(26)18-12-20(24-14-23-18)22-13-17-10-6-7-11-19(17)27-2/h3-12,14-15H,13H2,1-2H3,(H,25,26)(H,22,23,24). The summed E-state index contributed by atoms with van der Waals surface area (Å²) < 4.78 is 5.34. The molecule has 2 aromatic carbocycles. The van der Waals surface area contributed by atoms with Crippen molar-refractivity contribution in [1.82, 2.24) is 15.3 Å². The van der Waals surface area contributed by atoms with E-state index in [0.29, 0.717) is 18.1 Å². The summed E-state index contributed by atoms with van der Waals surface area (Å²) in [7, 11) is 1.64. The van der Waals surface area contributed by atoms with Gasteiger partial charge in [-0.15, -0.1) is 0 Å². The average Bonchev–Trinajstić information content (AvgIpc) is 2.73. The van der Waals surface area contributed by atoms with Crippen LogP contribution in [0.15, 0.2) is 67.0 Å². The quantitative estimate of drug-likeness (QED) is 0.672. The molecule has 6 heteroatoms. The number of ether oxygens (including phenoxy) is 1. The van der Waals surface area contributed by atoms with Gasteiger partial charge in [-0.2, -0.15) is 0 Å². The summed E-state index contributed by atoms with van der Waals surface area (Å²) in [5.74, 6) is 1.14. The van der Waals surface area contributed by atoms with E-state index in [1.165, 1.54) is 6.33 Å². The minimum atomic E-state index is -0.242. The molecular weight excluding hydrogens is 340 g/mol. The van der Waals surface area contributed by atoms with Crippen LogP contribution < -0.4 is 15.4 Å². The molecule has 0 spiro atoms. The van der Waals surface area contributed by atoms with Crippen LogP contribution >= 0.6 is 0 Å². The van der Waals surface area contributed by atoms with Gasteiger partial charge in [0.2, 0.25) is 0 Å². The van der Waals surface area contributed by atoms with E-state index in [4.69, 9.17) is 4.74 Å². The Morgan fingerprint density at radius 1 is 1.07 bits per heavy atom. The van der Waals surface area contributed by atoms with Crippen molar-refractivity contribution in [1.29, 1.82) is 0 Å². The molecule has 0 bridgehead atoms. The molecular formula is C21H22N4O2. The number of anilines is 1. The van der Waals surface area contributed by atoms with Crippen molar-refractivity contribution in [2.45, 2.75) is 19.5 Å². The van der Waals surface area contributed by atoms with Gasteiger partial charge in [-0.3, -0.25) is 4.79 Å². The lowest BCUT2D eigenvalue weighted by atomic mass is 10.1. The van der Waals surface area contributed by atoms with Crippen LogP contribution in [-0.2, 0) is 6.54 Å². The van der Waals surface area contributed by atoms with Crippen molar-refractivity contribution in [2.24, 2.45) is 0 Å². The fraction of sp³-hybridized carbons (Fsp3) is 0.190. The number of nitrogens with zero attached hydrogens (tertiary/aromatic N) is 2. The van der Waals surface area contributed by atoms with Crippen molar-refractivity contribution in [3.05, 3.63) is 83.8 Å². The first-order valence-corrected chi connectivity index (χ1v) is 8.71. The van der Waals surface area contributed by atoms with Crippen LogP contribution in [0.1, 0.15) is 34.6 Å². The van der Waals surface area contributed by atoms with E-state index in [-0.39, 0.29) is 11.9 Å². The first-order valence-electron chi connectivity index (χ1n) is 8.71. The minimum Gasteiger partial charge on any atom is -0.496 e. The first kappa shape index (κ1) is 18.4. The number of amides is 1. The molecule has 3 rings (SSSR count). The van der Waals surface area contributed by atoms with Crippen molar-refractivity contribution < 1.29 is 9.53 Å². The number of para-hydroxylation sites is 1. The van der Waals surface area contributed by atoms with Crippen LogP contribution in [0, 0.1) is 0 Å². The van der Waals surface area contributed by atoms with Gasteiger partial charge in [-0.25, -0.2) is 9.97 Å². The Balaban J connectivity index is 1.65. The molecule has 0 saturated heterocycles. The monoisotopic (exact) mass is 362 g/mol. The van der Waals surface area contributed by atoms with E-state index in [1.807, 2.05) is 61.5 Å². The molecule has 1 unspecified atom stereocenters. The molecule has 138 valence electrons. The normalized spacial score (nSPS) is 11.5. The van der Waals surface area contributed by atoms with E-state index in [0.717, 1.165) is 16.9 Å². The maximum atomic E-state index is 12.5. The first-order chi connectivity index (χ1) is 13.2. The fourth-order valence-electron chi connectivity index (χ4n) is 2.71. The maximum absolute atomic E-state index is 12.5. The number of hydrogen-bond acceptors (Lipinski definition) is 5. The van der Waals surface area contributed by atoms with Crippen molar-refractivity contribution >= 4 is 11.7 Å². The van der Waals surface area contributed by atoms with Crippen LogP contribution in [-0.4, -0.2) is 23.0 Å². The number of benzene rings is 2. The Bertz CT molecular complexity index is 899. The van der Waals surface area contributed by atoms with E-state index in [1.54, 1.807) is 13.2 Å². The van der Waals surface area contributed by atoms with Crippen LogP contribution in [0.25, 0.3) is 0 Å². The van der Waals surface area contributed by atoms with Crippen molar-refractivity contribution in [3.8, 4) is 5.75 Å². The lowest BCUT2D eigenvalue weighted by Crippen LogP contribution is -2.27. The number of rotatable bonds is 7. The smallest absolute Gasteiger partial charge is 0.270 e. The number of nitrogens with one attached hydrogen (secondary N) is 2. The third kappa shape index (κ3) is 4.82. The molecule has 27 heavy (non-hydrogen) atoms. The highest BCUT2D eigenvalue weighted by Gasteiger charge is 2.13. The minimum absolute atomic E-state index is 0.112. The molecule has 3 aromatic rings. The summed E-state index contributed by atoms with van der Waals surface area (Å²) >= 11 is 0. The SMILES string of the molecule is COc1ccccc1CNc1cc(C(=O)NC(C)c2ccccc2)ncn1. The third-order valence-corrected chi connectivity index (χ3v) is 4.20. The third-order valence-electron chi connectivity index (χ3n) is 4.20. The van der Waals surface area contributed by atoms with Gasteiger partial charge in [0.15, 0.2) is 0 Å². The second-order valence-electron chi connectivity index (χ2n) is 6.06. The zero-order valence-electron chi connectivity index (χ0n) is 15.3. The molecule has 6 nitrogen and oxygen atoms in total. The average molecular weight is 362 g/mol. The number of carbonyl (C=O) groups is 1. The van der Waals surface area contributed by atoms with E-state index >= 15 is 0 Å². The topological polar surface area (TPSA) is 76.1 Å². The van der Waals surface area contributed by atoms with Crippen molar-refractivity contribution in [2.75, 3.05) is 12.4 Å². The van der Waals surface area contributed by atoms with Crippen LogP contribution in [0.3, 0.4) is 0 Å². The second-order valence-corrected chi connectivity index (χ2v) is 6.06. The number of hydrogen-bond donors (Lipinski definition) is 2. The highest BCUT2D eigenvalue weighted by atomic mass is 16.5. The van der Waals surface area contributed by atoms with E-state index < -0.39 is 0 Å². The molecule has 1 atom stereocenters. The molecule has 2 N–H and O–H groups in total. The molecule has 1 aromatic heterocycles. The summed E-state index contributed by atoms with van der Waals surface area (Å²) in [5.41, 5.74) is 2.35. The molecule has 1 amide bonds. The largest absolute Gasteiger partial charge is 0.496 e.